The summed E-state index contributed by atoms with van der Waals surface area (Å²) in [5, 5.41) is 0. The van der Waals surface area contributed by atoms with Gasteiger partial charge in [-0.2, -0.15) is 4.31 Å². The molecule has 1 saturated heterocycles. The van der Waals surface area contributed by atoms with Gasteiger partial charge in [0.25, 0.3) is 5.91 Å². The van der Waals surface area contributed by atoms with Crippen LogP contribution in [-0.4, -0.2) is 49.7 Å². The molecule has 0 spiro atoms. The molecule has 2 fully saturated rings. The van der Waals surface area contributed by atoms with Gasteiger partial charge in [-0.1, -0.05) is 30.5 Å². The quantitative estimate of drug-likeness (QED) is 0.475. The van der Waals surface area contributed by atoms with E-state index in [1.165, 1.54) is 47.8 Å². The van der Waals surface area contributed by atoms with Crippen molar-refractivity contribution in [3.63, 3.8) is 0 Å². The van der Waals surface area contributed by atoms with E-state index in [0.717, 1.165) is 23.3 Å². The van der Waals surface area contributed by atoms with Crippen molar-refractivity contribution in [2.24, 2.45) is 0 Å². The number of methoxy groups -OCH3 is 1. The van der Waals surface area contributed by atoms with Crippen LogP contribution in [0.15, 0.2) is 53.4 Å². The van der Waals surface area contributed by atoms with Crippen molar-refractivity contribution in [1.82, 2.24) is 4.31 Å². The van der Waals surface area contributed by atoms with Crippen molar-refractivity contribution in [3.8, 4) is 0 Å². The first-order chi connectivity index (χ1) is 15.7. The van der Waals surface area contributed by atoms with Gasteiger partial charge in [0.05, 0.1) is 29.7 Å². The predicted octanol–water partition coefficient (Wildman–Crippen LogP) is 3.05. The molecule has 4 rings (SSSR count). The Hall–Kier alpha value is -3.04. The second kappa shape index (κ2) is 9.07. The fraction of sp³-hybridized carbons (Fsp3) is 0.375. The lowest BCUT2D eigenvalue weighted by Gasteiger charge is -2.32. The third-order valence-electron chi connectivity index (χ3n) is 6.26. The average molecular weight is 471 g/mol. The van der Waals surface area contributed by atoms with E-state index in [1.54, 1.807) is 12.1 Å². The summed E-state index contributed by atoms with van der Waals surface area (Å²) >= 11 is 0. The third kappa shape index (κ3) is 4.30. The lowest BCUT2D eigenvalue weighted by atomic mass is 10.1. The SMILES string of the molecule is COC(=O)c1ccc(N2C(=O)CC(N(C3CCCC3)S(=O)(=O)c3ccc(C)cc3)C2=O)cc1. The first-order valence-electron chi connectivity index (χ1n) is 10.9. The molecule has 1 atom stereocenters. The van der Waals surface area contributed by atoms with Gasteiger partial charge in [-0.25, -0.2) is 18.1 Å². The van der Waals surface area contributed by atoms with Crippen molar-refractivity contribution in [2.75, 3.05) is 12.0 Å². The van der Waals surface area contributed by atoms with E-state index < -0.39 is 33.8 Å². The highest BCUT2D eigenvalue weighted by atomic mass is 32.2. The molecule has 2 aromatic rings. The van der Waals surface area contributed by atoms with Crippen LogP contribution in [0.1, 0.15) is 48.0 Å². The fourth-order valence-corrected chi connectivity index (χ4v) is 6.39. The molecule has 0 aromatic heterocycles. The molecule has 2 aliphatic rings. The molecule has 174 valence electrons. The number of hydrogen-bond donors (Lipinski definition) is 0. The van der Waals surface area contributed by atoms with Crippen LogP contribution in [0.4, 0.5) is 5.69 Å². The number of carbonyl (C=O) groups excluding carboxylic acids is 3. The Labute approximate surface area is 193 Å². The van der Waals surface area contributed by atoms with Crippen LogP contribution in [0.5, 0.6) is 0 Å². The zero-order chi connectivity index (χ0) is 23.8. The minimum Gasteiger partial charge on any atom is -0.465 e. The number of esters is 1. The lowest BCUT2D eigenvalue weighted by Crippen LogP contribution is -2.49. The normalized spacial score (nSPS) is 19.5. The Balaban J connectivity index is 1.68. The molecule has 1 aliphatic heterocycles. The zero-order valence-electron chi connectivity index (χ0n) is 18.6. The number of sulfonamides is 1. The van der Waals surface area contributed by atoms with Crippen molar-refractivity contribution in [1.29, 1.82) is 0 Å². The van der Waals surface area contributed by atoms with Gasteiger partial charge in [-0.15, -0.1) is 0 Å². The molecule has 0 bridgehead atoms. The monoisotopic (exact) mass is 470 g/mol. The van der Waals surface area contributed by atoms with Gasteiger partial charge in [-0.05, 0) is 56.2 Å². The van der Waals surface area contributed by atoms with Gasteiger partial charge in [0, 0.05) is 6.04 Å². The summed E-state index contributed by atoms with van der Waals surface area (Å²) in [5.74, 6) is -1.58. The number of ether oxygens (including phenoxy) is 1. The summed E-state index contributed by atoms with van der Waals surface area (Å²) in [7, 11) is -2.73. The summed E-state index contributed by atoms with van der Waals surface area (Å²) in [6, 6.07) is 11.0. The van der Waals surface area contributed by atoms with Crippen LogP contribution >= 0.6 is 0 Å². The van der Waals surface area contributed by atoms with E-state index >= 15 is 0 Å². The fourth-order valence-electron chi connectivity index (χ4n) is 4.56. The van der Waals surface area contributed by atoms with Crippen LogP contribution in [0.2, 0.25) is 0 Å². The summed E-state index contributed by atoms with van der Waals surface area (Å²) < 4.78 is 33.3. The maximum Gasteiger partial charge on any atom is 0.337 e. The van der Waals surface area contributed by atoms with Crippen LogP contribution in [0, 0.1) is 6.92 Å². The maximum atomic E-state index is 13.7. The number of benzene rings is 2. The smallest absolute Gasteiger partial charge is 0.337 e. The zero-order valence-corrected chi connectivity index (χ0v) is 19.4. The first-order valence-corrected chi connectivity index (χ1v) is 12.3. The summed E-state index contributed by atoms with van der Waals surface area (Å²) in [5.41, 5.74) is 1.50. The first kappa shape index (κ1) is 23.1. The summed E-state index contributed by atoms with van der Waals surface area (Å²) in [6.45, 7) is 1.87. The van der Waals surface area contributed by atoms with Gasteiger partial charge in [0.2, 0.25) is 15.9 Å². The predicted molar refractivity (Wildman–Crippen MR) is 121 cm³/mol. The lowest BCUT2D eigenvalue weighted by molar-refractivity contribution is -0.122. The molecular weight excluding hydrogens is 444 g/mol. The van der Waals surface area contributed by atoms with E-state index in [0.29, 0.717) is 18.5 Å². The number of amides is 2. The van der Waals surface area contributed by atoms with Gasteiger partial charge < -0.3 is 4.74 Å². The number of anilines is 1. The minimum atomic E-state index is -4.00. The second-order valence-electron chi connectivity index (χ2n) is 8.41. The molecule has 1 aliphatic carbocycles. The van der Waals surface area contributed by atoms with Gasteiger partial charge >= 0.3 is 5.97 Å². The highest BCUT2D eigenvalue weighted by molar-refractivity contribution is 7.89. The number of aryl methyl sites for hydroxylation is 1. The molecule has 33 heavy (non-hydrogen) atoms. The molecule has 2 aromatic carbocycles. The molecule has 2 amide bonds. The Morgan fingerprint density at radius 2 is 1.61 bits per heavy atom. The molecule has 0 N–H and O–H groups in total. The molecule has 1 unspecified atom stereocenters. The third-order valence-corrected chi connectivity index (χ3v) is 8.23. The second-order valence-corrected chi connectivity index (χ2v) is 10.3. The minimum absolute atomic E-state index is 0.112. The molecule has 9 heteroatoms. The Bertz CT molecular complexity index is 1170. The number of hydrogen-bond acceptors (Lipinski definition) is 6. The van der Waals surface area contributed by atoms with Gasteiger partial charge in [-0.3, -0.25) is 9.59 Å². The molecule has 8 nitrogen and oxygen atoms in total. The van der Waals surface area contributed by atoms with Crippen LogP contribution < -0.4 is 4.90 Å². The molecular formula is C24H26N2O6S. The largest absolute Gasteiger partial charge is 0.465 e. The van der Waals surface area contributed by atoms with Crippen molar-refractivity contribution in [2.45, 2.75) is 56.0 Å². The molecule has 1 saturated carbocycles. The van der Waals surface area contributed by atoms with Crippen LogP contribution in [0.25, 0.3) is 0 Å². The standard InChI is InChI=1S/C24H26N2O6S/c1-16-7-13-20(14-8-16)33(30,31)26(19-5-3-4-6-19)21-15-22(27)25(23(21)28)18-11-9-17(10-12-18)24(29)32-2/h7-14,19,21H,3-6,15H2,1-2H3. The Morgan fingerprint density at radius 3 is 2.18 bits per heavy atom. The highest BCUT2D eigenvalue weighted by Crippen LogP contribution is 2.35. The summed E-state index contributed by atoms with van der Waals surface area (Å²) in [4.78, 5) is 39.1. The van der Waals surface area contributed by atoms with Crippen molar-refractivity contribution < 1.29 is 27.5 Å². The van der Waals surface area contributed by atoms with Gasteiger partial charge in [0.15, 0.2) is 0 Å². The van der Waals surface area contributed by atoms with E-state index in [-0.39, 0.29) is 22.9 Å². The summed E-state index contributed by atoms with van der Waals surface area (Å²) in [6.07, 6.45) is 2.82. The molecule has 0 radical (unpaired) electrons. The van der Waals surface area contributed by atoms with Crippen molar-refractivity contribution in [3.05, 3.63) is 59.7 Å². The number of nitrogens with zero attached hydrogens (tertiary/aromatic N) is 2. The molecule has 1 heterocycles. The van der Waals surface area contributed by atoms with Gasteiger partial charge in [0.1, 0.15) is 6.04 Å². The number of imide groups is 1. The van der Waals surface area contributed by atoms with E-state index in [2.05, 4.69) is 4.74 Å². The van der Waals surface area contributed by atoms with E-state index in [4.69, 9.17) is 0 Å². The Morgan fingerprint density at radius 1 is 1.00 bits per heavy atom. The van der Waals surface area contributed by atoms with Crippen LogP contribution in [0.3, 0.4) is 0 Å². The number of carbonyl (C=O) groups is 3. The van der Waals surface area contributed by atoms with E-state index in [9.17, 15) is 22.8 Å². The van der Waals surface area contributed by atoms with Crippen molar-refractivity contribution >= 4 is 33.5 Å². The number of rotatable bonds is 6. The Kier molecular flexibility index (Phi) is 6.36. The topological polar surface area (TPSA) is 101 Å². The average Bonchev–Trinajstić information content (AvgIpc) is 3.42. The highest BCUT2D eigenvalue weighted by Gasteiger charge is 2.49. The van der Waals surface area contributed by atoms with E-state index in [1.807, 2.05) is 6.92 Å². The maximum absolute atomic E-state index is 13.7. The van der Waals surface area contributed by atoms with Crippen LogP contribution in [-0.2, 0) is 24.3 Å².